The van der Waals surface area contributed by atoms with Gasteiger partial charge >= 0.3 is 18.4 Å². The molecular weight excluding hydrogens is 542 g/mol. The highest BCUT2D eigenvalue weighted by Gasteiger charge is 2.35. The van der Waals surface area contributed by atoms with Crippen molar-refractivity contribution < 1.29 is 31.1 Å². The topological polar surface area (TPSA) is 94.7 Å². The molecule has 2 aromatic carbocycles. The van der Waals surface area contributed by atoms with Gasteiger partial charge in [0.25, 0.3) is 0 Å². The van der Waals surface area contributed by atoms with Gasteiger partial charge < -0.3 is 19.9 Å². The number of aromatic nitrogens is 6. The normalized spacial score (nSPS) is 12.1. The number of imidazole rings is 1. The fourth-order valence-electron chi connectivity index (χ4n) is 3.84. The quantitative estimate of drug-likeness (QED) is 0.226. The molecule has 0 bridgehead atoms. The van der Waals surface area contributed by atoms with Crippen LogP contribution in [0.4, 0.5) is 43.8 Å². The number of halogens is 6. The molecule has 0 atom stereocenters. The third kappa shape index (κ3) is 5.77. The molecule has 3 aromatic heterocycles. The number of rotatable bonds is 7. The lowest BCUT2D eigenvalue weighted by molar-refractivity contribution is -0.143. The highest BCUT2D eigenvalue weighted by Crippen LogP contribution is 2.32. The monoisotopic (exact) mass is 562 g/mol. The number of nitrogens with zero attached hydrogens (tertiary/aromatic N) is 6. The second-order valence-electron chi connectivity index (χ2n) is 8.71. The van der Waals surface area contributed by atoms with Crippen molar-refractivity contribution in [2.24, 2.45) is 14.1 Å². The predicted octanol–water partition coefficient (Wildman–Crippen LogP) is 6.28. The van der Waals surface area contributed by atoms with Crippen LogP contribution in [0.5, 0.6) is 11.8 Å². The fraction of sp³-hybridized carbons (Fsp3) is 0.200. The minimum Gasteiger partial charge on any atom is -0.424 e. The summed E-state index contributed by atoms with van der Waals surface area (Å²) in [7, 11) is 3.02. The molecule has 5 aromatic rings. The molecule has 0 unspecified atom stereocenters. The Labute approximate surface area is 222 Å². The lowest BCUT2D eigenvalue weighted by Crippen LogP contribution is -2.11. The van der Waals surface area contributed by atoms with Gasteiger partial charge in [-0.2, -0.15) is 31.4 Å². The molecule has 0 aliphatic carbocycles. The Morgan fingerprint density at radius 2 is 1.57 bits per heavy atom. The van der Waals surface area contributed by atoms with Crippen molar-refractivity contribution in [2.45, 2.75) is 18.9 Å². The first-order valence-corrected chi connectivity index (χ1v) is 11.6. The van der Waals surface area contributed by atoms with Crippen LogP contribution in [0.1, 0.15) is 16.8 Å². The van der Waals surface area contributed by atoms with Crippen LogP contribution in [0.3, 0.4) is 0 Å². The van der Waals surface area contributed by atoms with Gasteiger partial charge in [0.1, 0.15) is 11.4 Å². The molecule has 0 aliphatic rings. The van der Waals surface area contributed by atoms with Crippen molar-refractivity contribution in [1.82, 2.24) is 29.3 Å². The number of aryl methyl sites for hydroxylation is 2. The summed E-state index contributed by atoms with van der Waals surface area (Å²) in [5.41, 5.74) is 0.985. The van der Waals surface area contributed by atoms with Crippen LogP contribution in [-0.2, 0) is 33.0 Å². The molecule has 15 heteroatoms. The van der Waals surface area contributed by atoms with E-state index < -0.39 is 23.6 Å². The molecule has 0 amide bonds. The maximum atomic E-state index is 13.1. The van der Waals surface area contributed by atoms with Gasteiger partial charge in [0.2, 0.25) is 5.95 Å². The largest absolute Gasteiger partial charge is 0.433 e. The molecule has 5 rings (SSSR count). The summed E-state index contributed by atoms with van der Waals surface area (Å²) in [5, 5.41) is 9.99. The first kappa shape index (κ1) is 26.8. The maximum absolute atomic E-state index is 13.1. The summed E-state index contributed by atoms with van der Waals surface area (Å²) in [4.78, 5) is 11.7. The van der Waals surface area contributed by atoms with E-state index in [1.807, 2.05) is 0 Å². The number of nitrogens with one attached hydrogen (secondary N) is 2. The van der Waals surface area contributed by atoms with Gasteiger partial charge in [-0.25, -0.2) is 15.0 Å². The van der Waals surface area contributed by atoms with E-state index in [1.165, 1.54) is 7.05 Å². The molecule has 40 heavy (non-hydrogen) atoms. The Balaban J connectivity index is 1.23. The number of hydrogen-bond donors (Lipinski definition) is 2. The molecule has 0 saturated carbocycles. The summed E-state index contributed by atoms with van der Waals surface area (Å²) in [6, 6.07) is 12.7. The van der Waals surface area contributed by atoms with Crippen LogP contribution in [0.25, 0.3) is 11.0 Å². The SMILES string of the molecule is Cn1nc(Nc2ccc3nc(NCc4ccc(Oc5ncc(C(F)(F)F)cn5)cc4)n(C)c3c2)cc1C(F)(F)F. The van der Waals surface area contributed by atoms with Crippen LogP contribution in [0.15, 0.2) is 60.9 Å². The fourth-order valence-corrected chi connectivity index (χ4v) is 3.84. The average molecular weight is 562 g/mol. The van der Waals surface area contributed by atoms with Gasteiger partial charge in [-0.15, -0.1) is 0 Å². The number of anilines is 3. The molecule has 0 fully saturated rings. The van der Waals surface area contributed by atoms with Crippen LogP contribution >= 0.6 is 0 Å². The number of hydrogen-bond acceptors (Lipinski definition) is 7. The number of fused-ring (bicyclic) bond motifs is 1. The zero-order valence-corrected chi connectivity index (χ0v) is 20.8. The van der Waals surface area contributed by atoms with Gasteiger partial charge in [0, 0.05) is 44.8 Å². The Hall–Kier alpha value is -4.82. The first-order valence-electron chi connectivity index (χ1n) is 11.6. The van der Waals surface area contributed by atoms with E-state index in [1.54, 1.807) is 54.1 Å². The lowest BCUT2D eigenvalue weighted by atomic mass is 10.2. The molecule has 9 nitrogen and oxygen atoms in total. The van der Waals surface area contributed by atoms with E-state index in [-0.39, 0.29) is 11.8 Å². The van der Waals surface area contributed by atoms with Gasteiger partial charge in [-0.1, -0.05) is 12.1 Å². The van der Waals surface area contributed by atoms with Crippen LogP contribution < -0.4 is 15.4 Å². The Morgan fingerprint density at radius 1 is 0.875 bits per heavy atom. The second-order valence-corrected chi connectivity index (χ2v) is 8.71. The summed E-state index contributed by atoms with van der Waals surface area (Å²) >= 11 is 0. The number of ether oxygens (including phenoxy) is 1. The molecule has 0 spiro atoms. The lowest BCUT2D eigenvalue weighted by Gasteiger charge is -2.09. The molecule has 208 valence electrons. The van der Waals surface area contributed by atoms with Crippen molar-refractivity contribution in [2.75, 3.05) is 10.6 Å². The van der Waals surface area contributed by atoms with Crippen molar-refractivity contribution in [3.63, 3.8) is 0 Å². The van der Waals surface area contributed by atoms with E-state index >= 15 is 0 Å². The second kappa shape index (κ2) is 10.1. The molecular formula is C25H20F6N8O. The maximum Gasteiger partial charge on any atom is 0.433 e. The zero-order valence-electron chi connectivity index (χ0n) is 20.8. The zero-order chi connectivity index (χ0) is 28.7. The highest BCUT2D eigenvalue weighted by molar-refractivity contribution is 5.83. The predicted molar refractivity (Wildman–Crippen MR) is 133 cm³/mol. The molecule has 0 saturated heterocycles. The molecule has 2 N–H and O–H groups in total. The number of benzene rings is 2. The number of alkyl halides is 6. The Kier molecular flexibility index (Phi) is 6.73. The van der Waals surface area contributed by atoms with E-state index in [2.05, 4.69) is 30.7 Å². The van der Waals surface area contributed by atoms with Crippen molar-refractivity contribution in [3.05, 3.63) is 77.7 Å². The van der Waals surface area contributed by atoms with Crippen LogP contribution in [-0.4, -0.2) is 29.3 Å². The van der Waals surface area contributed by atoms with E-state index in [4.69, 9.17) is 4.74 Å². The smallest absolute Gasteiger partial charge is 0.424 e. The Bertz CT molecular complexity index is 1640. The first-order chi connectivity index (χ1) is 18.9. The summed E-state index contributed by atoms with van der Waals surface area (Å²) in [5.74, 6) is 0.969. The third-order valence-electron chi connectivity index (χ3n) is 5.86. The summed E-state index contributed by atoms with van der Waals surface area (Å²) < 4.78 is 85.1. The third-order valence-corrected chi connectivity index (χ3v) is 5.86. The van der Waals surface area contributed by atoms with E-state index in [0.717, 1.165) is 21.8 Å². The minimum absolute atomic E-state index is 0.0620. The molecule has 3 heterocycles. The van der Waals surface area contributed by atoms with Crippen molar-refractivity contribution in [3.8, 4) is 11.8 Å². The van der Waals surface area contributed by atoms with Gasteiger partial charge in [0.05, 0.1) is 16.6 Å². The van der Waals surface area contributed by atoms with Crippen molar-refractivity contribution in [1.29, 1.82) is 0 Å². The van der Waals surface area contributed by atoms with E-state index in [9.17, 15) is 26.3 Å². The van der Waals surface area contributed by atoms with Gasteiger partial charge in [0.15, 0.2) is 5.82 Å². The standard InChI is InChI=1S/C25H20F6N8O/c1-38-19-9-16(35-21-10-20(25(29,30)31)39(2)37-21)5-8-18(19)36-22(38)32-11-14-3-6-17(7-4-14)40-23-33-12-15(13-34-23)24(26,27)28/h3-10,12-13H,11H2,1-2H3,(H,32,36)(H,35,37). The molecule has 0 radical (unpaired) electrons. The average Bonchev–Trinajstić information content (AvgIpc) is 3.42. The van der Waals surface area contributed by atoms with Crippen LogP contribution in [0, 0.1) is 0 Å². The minimum atomic E-state index is -4.53. The van der Waals surface area contributed by atoms with Crippen LogP contribution in [0.2, 0.25) is 0 Å². The van der Waals surface area contributed by atoms with Gasteiger partial charge in [-0.05, 0) is 35.9 Å². The molecule has 0 aliphatic heterocycles. The van der Waals surface area contributed by atoms with E-state index in [0.29, 0.717) is 41.8 Å². The Morgan fingerprint density at radius 3 is 2.20 bits per heavy atom. The summed E-state index contributed by atoms with van der Waals surface area (Å²) in [6.07, 6.45) is -7.74. The summed E-state index contributed by atoms with van der Waals surface area (Å²) in [6.45, 7) is 0.396. The van der Waals surface area contributed by atoms with Gasteiger partial charge in [-0.3, -0.25) is 4.68 Å². The highest BCUT2D eigenvalue weighted by atomic mass is 19.4. The van der Waals surface area contributed by atoms with Crippen molar-refractivity contribution >= 4 is 28.5 Å².